The minimum absolute atomic E-state index is 0.173. The first kappa shape index (κ1) is 18.5. The highest BCUT2D eigenvalue weighted by Crippen LogP contribution is 2.28. The molecule has 0 saturated heterocycles. The molecule has 1 N–H and O–H groups in total. The van der Waals surface area contributed by atoms with Crippen molar-refractivity contribution in [1.82, 2.24) is 15.2 Å². The lowest BCUT2D eigenvalue weighted by molar-refractivity contribution is -0.113. The van der Waals surface area contributed by atoms with Crippen LogP contribution in [0.5, 0.6) is 5.75 Å². The molecule has 0 saturated carbocycles. The average molecular weight is 367 g/mol. The zero-order chi connectivity index (χ0) is 17.5. The van der Waals surface area contributed by atoms with Crippen molar-refractivity contribution < 1.29 is 9.53 Å². The monoisotopic (exact) mass is 366 g/mol. The molecule has 24 heavy (non-hydrogen) atoms. The first-order valence-electron chi connectivity index (χ1n) is 7.56. The van der Waals surface area contributed by atoms with E-state index < -0.39 is 0 Å². The van der Waals surface area contributed by atoms with Crippen molar-refractivity contribution in [2.75, 3.05) is 18.2 Å². The minimum Gasteiger partial charge on any atom is -0.495 e. The van der Waals surface area contributed by atoms with Crippen molar-refractivity contribution in [2.24, 2.45) is 0 Å². The summed E-state index contributed by atoms with van der Waals surface area (Å²) in [6.07, 6.45) is 1.58. The third-order valence-electron chi connectivity index (χ3n) is 3.26. The van der Waals surface area contributed by atoms with Crippen LogP contribution in [0.1, 0.15) is 25.2 Å². The molecule has 0 aliphatic carbocycles. The number of thioether (sulfide) groups is 1. The van der Waals surface area contributed by atoms with Gasteiger partial charge in [0.1, 0.15) is 5.75 Å². The first-order chi connectivity index (χ1) is 11.6. The number of carbonyl (C=O) groups excluding carboxylic acids is 1. The van der Waals surface area contributed by atoms with Crippen LogP contribution < -0.4 is 10.1 Å². The van der Waals surface area contributed by atoms with Crippen LogP contribution in [0.15, 0.2) is 23.4 Å². The van der Waals surface area contributed by atoms with Crippen molar-refractivity contribution in [3.05, 3.63) is 34.6 Å². The largest absolute Gasteiger partial charge is 0.495 e. The van der Waals surface area contributed by atoms with Gasteiger partial charge in [0.25, 0.3) is 0 Å². The van der Waals surface area contributed by atoms with Gasteiger partial charge in [-0.05, 0) is 31.0 Å². The second kappa shape index (κ2) is 8.84. The molecule has 1 aromatic carbocycles. The Morgan fingerprint density at radius 3 is 2.67 bits per heavy atom. The van der Waals surface area contributed by atoms with Crippen LogP contribution in [-0.4, -0.2) is 34.0 Å². The molecule has 0 aliphatic rings. The molecule has 1 heterocycles. The van der Waals surface area contributed by atoms with Crippen LogP contribution in [0.25, 0.3) is 0 Å². The lowest BCUT2D eigenvalue weighted by atomic mass is 10.2. The second-order valence-corrected chi connectivity index (χ2v) is 6.26. The SMILES string of the molecule is CCc1nnc(SCC(=O)Nc2cc(Cl)ccc2OC)nc1CC. The molecule has 8 heteroatoms. The zero-order valence-electron chi connectivity index (χ0n) is 13.8. The Morgan fingerprint density at radius 2 is 2.00 bits per heavy atom. The van der Waals surface area contributed by atoms with Crippen molar-refractivity contribution in [1.29, 1.82) is 0 Å². The van der Waals surface area contributed by atoms with Crippen LogP contribution in [0.2, 0.25) is 5.02 Å². The molecular weight excluding hydrogens is 348 g/mol. The van der Waals surface area contributed by atoms with Crippen LogP contribution in [0.4, 0.5) is 5.69 Å². The van der Waals surface area contributed by atoms with E-state index in [-0.39, 0.29) is 11.7 Å². The lowest BCUT2D eigenvalue weighted by Gasteiger charge is -2.10. The third kappa shape index (κ3) is 4.82. The van der Waals surface area contributed by atoms with Gasteiger partial charge in [0.15, 0.2) is 0 Å². The summed E-state index contributed by atoms with van der Waals surface area (Å²) >= 11 is 7.20. The van der Waals surface area contributed by atoms with Crippen molar-refractivity contribution in [3.8, 4) is 5.75 Å². The number of rotatable bonds is 7. The molecule has 1 aromatic heterocycles. The molecule has 0 atom stereocenters. The van der Waals surface area contributed by atoms with E-state index in [0.29, 0.717) is 21.6 Å². The molecule has 0 unspecified atom stereocenters. The summed E-state index contributed by atoms with van der Waals surface area (Å²) in [5.74, 6) is 0.532. The number of hydrogen-bond donors (Lipinski definition) is 1. The summed E-state index contributed by atoms with van der Waals surface area (Å²) in [5, 5.41) is 12.0. The maximum atomic E-state index is 12.1. The number of methoxy groups -OCH3 is 1. The average Bonchev–Trinajstić information content (AvgIpc) is 2.59. The van der Waals surface area contributed by atoms with Gasteiger partial charge in [0.05, 0.1) is 29.9 Å². The van der Waals surface area contributed by atoms with Crippen LogP contribution in [0, 0.1) is 0 Å². The highest BCUT2D eigenvalue weighted by molar-refractivity contribution is 7.99. The Morgan fingerprint density at radius 1 is 1.25 bits per heavy atom. The van der Waals surface area contributed by atoms with Gasteiger partial charge in [-0.3, -0.25) is 4.79 Å². The number of amides is 1. The molecule has 0 aliphatic heterocycles. The number of benzene rings is 1. The number of ether oxygens (including phenoxy) is 1. The van der Waals surface area contributed by atoms with E-state index in [1.54, 1.807) is 18.2 Å². The van der Waals surface area contributed by atoms with Gasteiger partial charge in [0.2, 0.25) is 11.1 Å². The molecule has 128 valence electrons. The van der Waals surface area contributed by atoms with Gasteiger partial charge in [-0.2, -0.15) is 5.10 Å². The fourth-order valence-electron chi connectivity index (χ4n) is 2.08. The van der Waals surface area contributed by atoms with E-state index in [2.05, 4.69) is 20.5 Å². The minimum atomic E-state index is -0.193. The van der Waals surface area contributed by atoms with E-state index >= 15 is 0 Å². The summed E-state index contributed by atoms with van der Waals surface area (Å²) in [7, 11) is 1.54. The molecule has 6 nitrogen and oxygen atoms in total. The summed E-state index contributed by atoms with van der Waals surface area (Å²) in [4.78, 5) is 16.6. The highest BCUT2D eigenvalue weighted by atomic mass is 35.5. The molecule has 0 spiro atoms. The van der Waals surface area contributed by atoms with Crippen molar-refractivity contribution >= 4 is 35.0 Å². The summed E-state index contributed by atoms with van der Waals surface area (Å²) in [5.41, 5.74) is 2.35. The summed E-state index contributed by atoms with van der Waals surface area (Å²) < 4.78 is 5.20. The number of nitrogens with one attached hydrogen (secondary N) is 1. The van der Waals surface area contributed by atoms with Gasteiger partial charge < -0.3 is 10.1 Å². The standard InChI is InChI=1S/C16H19ClN4O2S/c1-4-11-12(5-2)20-21-16(19-11)24-9-15(22)18-13-8-10(17)6-7-14(13)23-3/h6-8H,4-5,9H2,1-3H3,(H,18,22). The Bertz CT molecular complexity index is 727. The Hall–Kier alpha value is -1.86. The number of aryl methyl sites for hydroxylation is 2. The van der Waals surface area contributed by atoms with E-state index in [4.69, 9.17) is 16.3 Å². The first-order valence-corrected chi connectivity index (χ1v) is 8.92. The quantitative estimate of drug-likeness (QED) is 0.757. The van der Waals surface area contributed by atoms with Gasteiger partial charge in [-0.15, -0.1) is 5.10 Å². The van der Waals surface area contributed by atoms with E-state index in [0.717, 1.165) is 24.2 Å². The number of aromatic nitrogens is 3. The number of hydrogen-bond acceptors (Lipinski definition) is 6. The number of nitrogens with zero attached hydrogens (tertiary/aromatic N) is 3. The molecule has 0 bridgehead atoms. The van der Waals surface area contributed by atoms with Gasteiger partial charge in [0, 0.05) is 5.02 Å². The molecule has 1 amide bonds. The van der Waals surface area contributed by atoms with Crippen LogP contribution >= 0.6 is 23.4 Å². The smallest absolute Gasteiger partial charge is 0.234 e. The van der Waals surface area contributed by atoms with Gasteiger partial charge >= 0.3 is 0 Å². The van der Waals surface area contributed by atoms with Gasteiger partial charge in [-0.1, -0.05) is 37.2 Å². The predicted octanol–water partition coefficient (Wildman–Crippen LogP) is 3.39. The number of halogens is 1. The van der Waals surface area contributed by atoms with E-state index in [1.807, 2.05) is 13.8 Å². The Kier molecular flexibility index (Phi) is 6.81. The molecular formula is C16H19ClN4O2S. The molecule has 2 rings (SSSR count). The normalized spacial score (nSPS) is 10.5. The second-order valence-electron chi connectivity index (χ2n) is 4.88. The highest BCUT2D eigenvalue weighted by Gasteiger charge is 2.11. The maximum absolute atomic E-state index is 12.1. The zero-order valence-corrected chi connectivity index (χ0v) is 15.4. The Balaban J connectivity index is 2.00. The fraction of sp³-hybridized carbons (Fsp3) is 0.375. The summed E-state index contributed by atoms with van der Waals surface area (Å²) in [6.45, 7) is 4.04. The number of carbonyl (C=O) groups is 1. The van der Waals surface area contributed by atoms with Crippen LogP contribution in [-0.2, 0) is 17.6 Å². The summed E-state index contributed by atoms with van der Waals surface area (Å²) in [6, 6.07) is 5.05. The van der Waals surface area contributed by atoms with E-state index in [9.17, 15) is 4.79 Å². The van der Waals surface area contributed by atoms with Crippen LogP contribution in [0.3, 0.4) is 0 Å². The third-order valence-corrected chi connectivity index (χ3v) is 4.33. The van der Waals surface area contributed by atoms with Crippen molar-refractivity contribution in [3.63, 3.8) is 0 Å². The Labute approximate surface area is 150 Å². The lowest BCUT2D eigenvalue weighted by Crippen LogP contribution is -2.15. The molecule has 0 fully saturated rings. The van der Waals surface area contributed by atoms with Gasteiger partial charge in [-0.25, -0.2) is 4.98 Å². The fourth-order valence-corrected chi connectivity index (χ4v) is 2.85. The maximum Gasteiger partial charge on any atom is 0.234 e. The molecule has 0 radical (unpaired) electrons. The van der Waals surface area contributed by atoms with E-state index in [1.165, 1.54) is 18.9 Å². The molecule has 2 aromatic rings. The topological polar surface area (TPSA) is 77.0 Å². The van der Waals surface area contributed by atoms with Crippen molar-refractivity contribution in [2.45, 2.75) is 31.8 Å². The number of anilines is 1. The predicted molar refractivity (Wildman–Crippen MR) is 95.9 cm³/mol.